The number of fused-ring (bicyclic) bond motifs is 1. The monoisotopic (exact) mass is 246 g/mol. The third kappa shape index (κ3) is 2.53. The van der Waals surface area contributed by atoms with Gasteiger partial charge < -0.3 is 9.72 Å². The summed E-state index contributed by atoms with van der Waals surface area (Å²) >= 11 is 0. The molecule has 0 spiro atoms. The number of carbonyl (C=O) groups excluding carboxylic acids is 1. The van der Waals surface area contributed by atoms with Crippen molar-refractivity contribution in [3.8, 4) is 0 Å². The van der Waals surface area contributed by atoms with Crippen LogP contribution in [0.5, 0.6) is 0 Å². The van der Waals surface area contributed by atoms with Gasteiger partial charge in [0.05, 0.1) is 18.2 Å². The van der Waals surface area contributed by atoms with Crippen molar-refractivity contribution in [2.75, 3.05) is 7.11 Å². The fourth-order valence-electron chi connectivity index (χ4n) is 1.90. The maximum absolute atomic E-state index is 11.6. The average Bonchev–Trinajstić information content (AvgIpc) is 2.77. The maximum Gasteiger partial charge on any atom is 0.340 e. The molecular weight excluding hydrogens is 228 g/mol. The lowest BCUT2D eigenvalue weighted by Crippen LogP contribution is -2.01. The lowest BCUT2D eigenvalue weighted by atomic mass is 10.1. The zero-order valence-corrected chi connectivity index (χ0v) is 11.0. The molecule has 1 aromatic heterocycles. The van der Waals surface area contributed by atoms with Gasteiger partial charge in [0.25, 0.3) is 0 Å². The molecule has 96 valence electrons. The molecule has 0 aliphatic rings. The summed E-state index contributed by atoms with van der Waals surface area (Å²) in [7, 11) is 1.38. The Hall–Kier alpha value is -1.84. The molecule has 0 fully saturated rings. The van der Waals surface area contributed by atoms with Crippen molar-refractivity contribution in [3.05, 3.63) is 29.6 Å². The predicted molar refractivity (Wildman–Crippen MR) is 70.6 cm³/mol. The van der Waals surface area contributed by atoms with Crippen molar-refractivity contribution in [3.63, 3.8) is 0 Å². The van der Waals surface area contributed by atoms with Gasteiger partial charge in [0, 0.05) is 6.42 Å². The molecular formula is C14H18N2O2. The molecule has 0 saturated carbocycles. The van der Waals surface area contributed by atoms with Gasteiger partial charge in [-0.05, 0) is 24.5 Å². The van der Waals surface area contributed by atoms with Gasteiger partial charge >= 0.3 is 5.97 Å². The Morgan fingerprint density at radius 1 is 1.44 bits per heavy atom. The van der Waals surface area contributed by atoms with Crippen LogP contribution in [0.25, 0.3) is 11.0 Å². The van der Waals surface area contributed by atoms with Crippen molar-refractivity contribution in [1.29, 1.82) is 0 Å². The summed E-state index contributed by atoms with van der Waals surface area (Å²) in [5.41, 5.74) is 2.10. The number of ether oxygens (including phenoxy) is 1. The standard InChI is InChI=1S/C14H18N2O2/c1-9(2)7-8-12-15-11-6-4-5-10(13(11)16-12)14(17)18-3/h4-6,9H,7-8H2,1-3H3,(H,15,16). The first-order valence-electron chi connectivity index (χ1n) is 6.17. The number of aromatic amines is 1. The van der Waals surface area contributed by atoms with Gasteiger partial charge in [-0.1, -0.05) is 19.9 Å². The Morgan fingerprint density at radius 2 is 2.22 bits per heavy atom. The topological polar surface area (TPSA) is 55.0 Å². The molecule has 0 saturated heterocycles. The molecule has 0 unspecified atom stereocenters. The van der Waals surface area contributed by atoms with Crippen LogP contribution in [0.15, 0.2) is 18.2 Å². The van der Waals surface area contributed by atoms with Crippen LogP contribution < -0.4 is 0 Å². The van der Waals surface area contributed by atoms with Gasteiger partial charge in [0.1, 0.15) is 11.3 Å². The number of nitrogens with one attached hydrogen (secondary N) is 1. The van der Waals surface area contributed by atoms with E-state index < -0.39 is 0 Å². The van der Waals surface area contributed by atoms with Crippen LogP contribution in [0.3, 0.4) is 0 Å². The second kappa shape index (κ2) is 5.21. The first-order chi connectivity index (χ1) is 8.61. The molecule has 18 heavy (non-hydrogen) atoms. The van der Waals surface area contributed by atoms with Gasteiger partial charge in [-0.2, -0.15) is 0 Å². The first-order valence-corrected chi connectivity index (χ1v) is 6.17. The number of H-pyrrole nitrogens is 1. The van der Waals surface area contributed by atoms with E-state index in [0.29, 0.717) is 17.0 Å². The second-order valence-corrected chi connectivity index (χ2v) is 4.81. The number of aryl methyl sites for hydroxylation is 1. The lowest BCUT2D eigenvalue weighted by Gasteiger charge is -2.00. The normalized spacial score (nSPS) is 11.1. The van der Waals surface area contributed by atoms with Crippen LogP contribution in [0.4, 0.5) is 0 Å². The quantitative estimate of drug-likeness (QED) is 0.844. The minimum absolute atomic E-state index is 0.345. The van der Waals surface area contributed by atoms with Crippen LogP contribution >= 0.6 is 0 Å². The molecule has 0 radical (unpaired) electrons. The Kier molecular flexibility index (Phi) is 3.65. The number of imidazole rings is 1. The Morgan fingerprint density at radius 3 is 2.89 bits per heavy atom. The molecule has 4 heteroatoms. The molecule has 0 aliphatic heterocycles. The minimum atomic E-state index is -0.345. The number of hydrogen-bond acceptors (Lipinski definition) is 3. The van der Waals surface area contributed by atoms with E-state index in [4.69, 9.17) is 4.74 Å². The highest BCUT2D eigenvalue weighted by molar-refractivity contribution is 6.01. The third-order valence-electron chi connectivity index (χ3n) is 2.93. The summed E-state index contributed by atoms with van der Waals surface area (Å²) in [4.78, 5) is 19.4. The summed E-state index contributed by atoms with van der Waals surface area (Å²) < 4.78 is 4.76. The van der Waals surface area contributed by atoms with Gasteiger partial charge in [-0.3, -0.25) is 0 Å². The van der Waals surface area contributed by atoms with Crippen LogP contribution in [-0.4, -0.2) is 23.0 Å². The highest BCUT2D eigenvalue weighted by Crippen LogP contribution is 2.18. The Bertz CT molecular complexity index is 558. The van der Waals surface area contributed by atoms with Crippen molar-refractivity contribution in [1.82, 2.24) is 9.97 Å². The maximum atomic E-state index is 11.6. The molecule has 2 aromatic rings. The lowest BCUT2D eigenvalue weighted by molar-refractivity contribution is 0.0603. The molecule has 2 rings (SSSR count). The number of aromatic nitrogens is 2. The summed E-state index contributed by atoms with van der Waals surface area (Å²) in [6.07, 6.45) is 1.97. The van der Waals surface area contributed by atoms with Gasteiger partial charge in [-0.15, -0.1) is 0 Å². The average molecular weight is 246 g/mol. The third-order valence-corrected chi connectivity index (χ3v) is 2.93. The fraction of sp³-hybridized carbons (Fsp3) is 0.429. The van der Waals surface area contributed by atoms with E-state index in [1.807, 2.05) is 12.1 Å². The molecule has 0 aliphatic carbocycles. The predicted octanol–water partition coefficient (Wildman–Crippen LogP) is 2.94. The number of methoxy groups -OCH3 is 1. The SMILES string of the molecule is COC(=O)c1cccc2[nH]c(CCC(C)C)nc12. The number of nitrogens with zero attached hydrogens (tertiary/aromatic N) is 1. The van der Waals surface area contributed by atoms with Crippen molar-refractivity contribution >= 4 is 17.0 Å². The molecule has 1 aromatic carbocycles. The van der Waals surface area contributed by atoms with Gasteiger partial charge in [0.15, 0.2) is 0 Å². The minimum Gasteiger partial charge on any atom is -0.465 e. The zero-order chi connectivity index (χ0) is 13.1. The van der Waals surface area contributed by atoms with E-state index in [-0.39, 0.29) is 5.97 Å². The molecule has 1 heterocycles. The molecule has 0 amide bonds. The first kappa shape index (κ1) is 12.6. The molecule has 0 bridgehead atoms. The number of para-hydroxylation sites is 1. The van der Waals surface area contributed by atoms with E-state index in [9.17, 15) is 4.79 Å². The van der Waals surface area contributed by atoms with E-state index in [0.717, 1.165) is 24.2 Å². The number of rotatable bonds is 4. The fourth-order valence-corrected chi connectivity index (χ4v) is 1.90. The highest BCUT2D eigenvalue weighted by Gasteiger charge is 2.13. The summed E-state index contributed by atoms with van der Waals surface area (Å²) in [6, 6.07) is 5.49. The zero-order valence-electron chi connectivity index (χ0n) is 11.0. The van der Waals surface area contributed by atoms with E-state index in [2.05, 4.69) is 23.8 Å². The number of esters is 1. The number of benzene rings is 1. The highest BCUT2D eigenvalue weighted by atomic mass is 16.5. The van der Waals surface area contributed by atoms with Crippen LogP contribution in [0.2, 0.25) is 0 Å². The van der Waals surface area contributed by atoms with E-state index in [1.54, 1.807) is 6.07 Å². The second-order valence-electron chi connectivity index (χ2n) is 4.81. The number of hydrogen-bond donors (Lipinski definition) is 1. The Balaban J connectivity index is 2.35. The smallest absolute Gasteiger partial charge is 0.340 e. The van der Waals surface area contributed by atoms with E-state index >= 15 is 0 Å². The summed E-state index contributed by atoms with van der Waals surface area (Å²) in [6.45, 7) is 4.37. The van der Waals surface area contributed by atoms with Crippen molar-refractivity contribution in [2.45, 2.75) is 26.7 Å². The largest absolute Gasteiger partial charge is 0.465 e. The van der Waals surface area contributed by atoms with Crippen molar-refractivity contribution < 1.29 is 9.53 Å². The van der Waals surface area contributed by atoms with Crippen molar-refractivity contribution in [2.24, 2.45) is 5.92 Å². The molecule has 4 nitrogen and oxygen atoms in total. The number of carbonyl (C=O) groups is 1. The summed E-state index contributed by atoms with van der Waals surface area (Å²) in [5, 5.41) is 0. The summed E-state index contributed by atoms with van der Waals surface area (Å²) in [5.74, 6) is 1.22. The molecule has 1 N–H and O–H groups in total. The van der Waals surface area contributed by atoms with Crippen LogP contribution in [0, 0.1) is 5.92 Å². The van der Waals surface area contributed by atoms with Gasteiger partial charge in [-0.25, -0.2) is 9.78 Å². The van der Waals surface area contributed by atoms with Crippen LogP contribution in [0.1, 0.15) is 36.5 Å². The van der Waals surface area contributed by atoms with E-state index in [1.165, 1.54) is 7.11 Å². The molecule has 0 atom stereocenters. The van der Waals surface area contributed by atoms with Crippen LogP contribution in [-0.2, 0) is 11.2 Å². The van der Waals surface area contributed by atoms with Gasteiger partial charge in [0.2, 0.25) is 0 Å². The Labute approximate surface area is 106 Å².